The van der Waals surface area contributed by atoms with Crippen molar-refractivity contribution < 1.29 is 4.74 Å². The van der Waals surface area contributed by atoms with Crippen molar-refractivity contribution in [2.45, 2.75) is 18.9 Å². The lowest BCUT2D eigenvalue weighted by atomic mass is 9.99. The Morgan fingerprint density at radius 2 is 2.64 bits per heavy atom. The van der Waals surface area contributed by atoms with Crippen molar-refractivity contribution in [2.75, 3.05) is 13.2 Å². The second kappa shape index (κ2) is 4.06. The Balaban J connectivity index is 1.95. The Hall–Kier alpha value is -0.940. The van der Waals surface area contributed by atoms with Crippen LogP contribution in [0.5, 0.6) is 0 Å². The highest BCUT2D eigenvalue weighted by atomic mass is 16.5. The van der Waals surface area contributed by atoms with Crippen LogP contribution in [0.1, 0.15) is 24.7 Å². The summed E-state index contributed by atoms with van der Waals surface area (Å²) in [6.07, 6.45) is 3.60. The molecule has 2 rings (SSSR count). The maximum atomic E-state index is 6.04. The first kappa shape index (κ1) is 9.61. The topological polar surface area (TPSA) is 66.0 Å². The fourth-order valence-electron chi connectivity index (χ4n) is 1.87. The second-order valence-electron chi connectivity index (χ2n) is 3.81. The molecule has 0 radical (unpaired) electrons. The number of nitrogens with two attached hydrogens (primary N) is 1. The van der Waals surface area contributed by atoms with Gasteiger partial charge in [0, 0.05) is 20.3 Å². The number of aromatic nitrogens is 3. The van der Waals surface area contributed by atoms with E-state index >= 15 is 0 Å². The van der Waals surface area contributed by atoms with E-state index in [9.17, 15) is 0 Å². The number of hydrogen-bond donors (Lipinski definition) is 1. The van der Waals surface area contributed by atoms with Crippen molar-refractivity contribution in [2.24, 2.45) is 18.7 Å². The molecule has 0 saturated carbocycles. The molecule has 0 spiro atoms. The highest BCUT2D eigenvalue weighted by Crippen LogP contribution is 2.23. The van der Waals surface area contributed by atoms with Crippen LogP contribution in [0.2, 0.25) is 0 Å². The molecule has 5 nitrogen and oxygen atoms in total. The lowest BCUT2D eigenvalue weighted by Gasteiger charge is -2.14. The van der Waals surface area contributed by atoms with E-state index < -0.39 is 0 Å². The minimum Gasteiger partial charge on any atom is -0.381 e. The molecular weight excluding hydrogens is 180 g/mol. The third-order valence-corrected chi connectivity index (χ3v) is 2.69. The van der Waals surface area contributed by atoms with Gasteiger partial charge in [-0.25, -0.2) is 4.98 Å². The van der Waals surface area contributed by atoms with E-state index in [0.717, 1.165) is 31.9 Å². The highest BCUT2D eigenvalue weighted by molar-refractivity contribution is 4.93. The first-order valence-electron chi connectivity index (χ1n) is 4.94. The second-order valence-corrected chi connectivity index (χ2v) is 3.81. The average molecular weight is 196 g/mol. The van der Waals surface area contributed by atoms with Crippen molar-refractivity contribution >= 4 is 0 Å². The summed E-state index contributed by atoms with van der Waals surface area (Å²) in [5, 5.41) is 4.01. The van der Waals surface area contributed by atoms with Gasteiger partial charge in [-0.1, -0.05) is 0 Å². The van der Waals surface area contributed by atoms with E-state index in [2.05, 4.69) is 10.1 Å². The van der Waals surface area contributed by atoms with E-state index in [0.29, 0.717) is 5.92 Å². The van der Waals surface area contributed by atoms with Crippen LogP contribution >= 0.6 is 0 Å². The van der Waals surface area contributed by atoms with Crippen LogP contribution in [0.15, 0.2) is 6.33 Å². The van der Waals surface area contributed by atoms with Crippen molar-refractivity contribution in [3.05, 3.63) is 12.2 Å². The molecule has 2 atom stereocenters. The van der Waals surface area contributed by atoms with E-state index in [1.165, 1.54) is 0 Å². The smallest absolute Gasteiger partial charge is 0.143 e. The first-order chi connectivity index (χ1) is 6.77. The molecule has 0 bridgehead atoms. The summed E-state index contributed by atoms with van der Waals surface area (Å²) in [7, 11) is 1.87. The SMILES string of the molecule is Cn1ncnc1C(N)CC1CCOC1. The molecule has 0 aromatic carbocycles. The minimum atomic E-state index is -0.0193. The number of ether oxygens (including phenoxy) is 1. The van der Waals surface area contributed by atoms with Gasteiger partial charge in [-0.3, -0.25) is 4.68 Å². The van der Waals surface area contributed by atoms with Gasteiger partial charge in [0.25, 0.3) is 0 Å². The Morgan fingerprint density at radius 1 is 1.79 bits per heavy atom. The molecule has 1 fully saturated rings. The van der Waals surface area contributed by atoms with Crippen LogP contribution in [0, 0.1) is 5.92 Å². The Labute approximate surface area is 83.3 Å². The third kappa shape index (κ3) is 1.93. The van der Waals surface area contributed by atoms with Gasteiger partial charge in [0.2, 0.25) is 0 Å². The van der Waals surface area contributed by atoms with Crippen molar-refractivity contribution in [1.29, 1.82) is 0 Å². The molecule has 1 aromatic rings. The Kier molecular flexibility index (Phi) is 2.79. The van der Waals surface area contributed by atoms with Gasteiger partial charge in [0.05, 0.1) is 6.04 Å². The zero-order valence-electron chi connectivity index (χ0n) is 8.39. The third-order valence-electron chi connectivity index (χ3n) is 2.69. The average Bonchev–Trinajstić information content (AvgIpc) is 2.75. The molecule has 1 aliphatic rings. The molecule has 0 amide bonds. The maximum absolute atomic E-state index is 6.04. The molecule has 1 aliphatic heterocycles. The zero-order chi connectivity index (χ0) is 9.97. The van der Waals surface area contributed by atoms with Crippen LogP contribution in [-0.4, -0.2) is 28.0 Å². The Morgan fingerprint density at radius 3 is 3.21 bits per heavy atom. The number of rotatable bonds is 3. The number of hydrogen-bond acceptors (Lipinski definition) is 4. The molecular formula is C9H16N4O. The summed E-state index contributed by atoms with van der Waals surface area (Å²) >= 11 is 0. The van der Waals surface area contributed by atoms with Crippen molar-refractivity contribution in [3.8, 4) is 0 Å². The summed E-state index contributed by atoms with van der Waals surface area (Å²) in [4.78, 5) is 4.14. The van der Waals surface area contributed by atoms with Crippen LogP contribution in [0.3, 0.4) is 0 Å². The van der Waals surface area contributed by atoms with E-state index in [-0.39, 0.29) is 6.04 Å². The zero-order valence-corrected chi connectivity index (χ0v) is 8.39. The molecule has 0 aliphatic carbocycles. The fourth-order valence-corrected chi connectivity index (χ4v) is 1.87. The van der Waals surface area contributed by atoms with Gasteiger partial charge in [0.15, 0.2) is 0 Å². The van der Waals surface area contributed by atoms with Gasteiger partial charge < -0.3 is 10.5 Å². The minimum absolute atomic E-state index is 0.0193. The summed E-state index contributed by atoms with van der Waals surface area (Å²) < 4.78 is 7.04. The van der Waals surface area contributed by atoms with E-state index in [1.54, 1.807) is 11.0 Å². The van der Waals surface area contributed by atoms with E-state index in [1.807, 2.05) is 7.05 Å². The monoisotopic (exact) mass is 196 g/mol. The quantitative estimate of drug-likeness (QED) is 0.752. The van der Waals surface area contributed by atoms with Crippen LogP contribution < -0.4 is 5.73 Å². The predicted molar refractivity (Wildman–Crippen MR) is 51.5 cm³/mol. The summed E-state index contributed by atoms with van der Waals surface area (Å²) in [5.41, 5.74) is 6.04. The molecule has 2 heterocycles. The van der Waals surface area contributed by atoms with E-state index in [4.69, 9.17) is 10.5 Å². The summed E-state index contributed by atoms with van der Waals surface area (Å²) in [6.45, 7) is 1.71. The largest absolute Gasteiger partial charge is 0.381 e. The molecule has 2 unspecified atom stereocenters. The van der Waals surface area contributed by atoms with Gasteiger partial charge in [-0.2, -0.15) is 5.10 Å². The summed E-state index contributed by atoms with van der Waals surface area (Å²) in [5.74, 6) is 1.44. The molecule has 1 saturated heterocycles. The Bertz CT molecular complexity index is 293. The normalized spacial score (nSPS) is 24.0. The first-order valence-corrected chi connectivity index (χ1v) is 4.94. The summed E-state index contributed by atoms with van der Waals surface area (Å²) in [6, 6.07) is -0.0193. The van der Waals surface area contributed by atoms with Gasteiger partial charge >= 0.3 is 0 Å². The molecule has 1 aromatic heterocycles. The molecule has 5 heteroatoms. The lowest BCUT2D eigenvalue weighted by Crippen LogP contribution is -2.19. The van der Waals surface area contributed by atoms with Crippen molar-refractivity contribution in [1.82, 2.24) is 14.8 Å². The molecule has 14 heavy (non-hydrogen) atoms. The van der Waals surface area contributed by atoms with Gasteiger partial charge in [-0.05, 0) is 18.8 Å². The van der Waals surface area contributed by atoms with Crippen molar-refractivity contribution in [3.63, 3.8) is 0 Å². The lowest BCUT2D eigenvalue weighted by molar-refractivity contribution is 0.182. The predicted octanol–water partition coefficient (Wildman–Crippen LogP) is 0.241. The highest BCUT2D eigenvalue weighted by Gasteiger charge is 2.21. The molecule has 2 N–H and O–H groups in total. The number of nitrogens with zero attached hydrogens (tertiary/aromatic N) is 3. The number of aryl methyl sites for hydroxylation is 1. The van der Waals surface area contributed by atoms with Gasteiger partial charge in [0.1, 0.15) is 12.2 Å². The van der Waals surface area contributed by atoms with Crippen LogP contribution in [0.25, 0.3) is 0 Å². The van der Waals surface area contributed by atoms with Crippen LogP contribution in [-0.2, 0) is 11.8 Å². The fraction of sp³-hybridized carbons (Fsp3) is 0.778. The van der Waals surface area contributed by atoms with Crippen LogP contribution in [0.4, 0.5) is 0 Å². The van der Waals surface area contributed by atoms with Gasteiger partial charge in [-0.15, -0.1) is 0 Å². The standard InChI is InChI=1S/C9H16N4O/c1-13-9(11-6-12-13)8(10)4-7-2-3-14-5-7/h6-8H,2-5,10H2,1H3. The molecule has 78 valence electrons. The maximum Gasteiger partial charge on any atom is 0.143 e.